The van der Waals surface area contributed by atoms with Gasteiger partial charge >= 0.3 is 5.97 Å². The summed E-state index contributed by atoms with van der Waals surface area (Å²) in [6.07, 6.45) is -0.897. The van der Waals surface area contributed by atoms with Gasteiger partial charge in [-0.05, 0) is 94.9 Å². The highest BCUT2D eigenvalue weighted by molar-refractivity contribution is 5.91. The van der Waals surface area contributed by atoms with Gasteiger partial charge in [0.15, 0.2) is 0 Å². The second-order valence-electron chi connectivity index (χ2n) is 9.26. The maximum absolute atomic E-state index is 13.6. The van der Waals surface area contributed by atoms with Gasteiger partial charge in [-0.15, -0.1) is 0 Å². The maximum Gasteiger partial charge on any atom is 0.323 e. The average molecular weight is 470 g/mol. The number of pyridine rings is 1. The molecule has 5 nitrogen and oxygen atoms in total. The number of carbonyl (C=O) groups is 1. The van der Waals surface area contributed by atoms with Crippen molar-refractivity contribution in [3.8, 4) is 11.3 Å². The lowest BCUT2D eigenvalue weighted by Gasteiger charge is -2.35. The fourth-order valence-corrected chi connectivity index (χ4v) is 5.14. The van der Waals surface area contributed by atoms with Crippen LogP contribution in [0.4, 0.5) is 8.78 Å². The Morgan fingerprint density at radius 1 is 1.18 bits per heavy atom. The number of nitrogens with one attached hydrogen (secondary N) is 1. The third-order valence-corrected chi connectivity index (χ3v) is 6.84. The summed E-state index contributed by atoms with van der Waals surface area (Å²) in [7, 11) is 0. The van der Waals surface area contributed by atoms with E-state index in [1.165, 1.54) is 5.56 Å². The molecule has 1 saturated heterocycles. The van der Waals surface area contributed by atoms with E-state index in [2.05, 4.69) is 27.0 Å². The summed E-state index contributed by atoms with van der Waals surface area (Å²) in [5.41, 5.74) is 6.06. The van der Waals surface area contributed by atoms with Crippen LogP contribution >= 0.6 is 0 Å². The van der Waals surface area contributed by atoms with Crippen LogP contribution in [-0.2, 0) is 16.0 Å². The topological polar surface area (TPSA) is 58.2 Å². The summed E-state index contributed by atoms with van der Waals surface area (Å²) < 4.78 is 32.4. The lowest BCUT2D eigenvalue weighted by Crippen LogP contribution is -2.44. The Morgan fingerprint density at radius 3 is 2.47 bits per heavy atom. The highest BCUT2D eigenvalue weighted by atomic mass is 19.3. The van der Waals surface area contributed by atoms with E-state index in [0.717, 1.165) is 59.5 Å². The molecule has 4 rings (SSSR count). The fourth-order valence-electron chi connectivity index (χ4n) is 5.14. The van der Waals surface area contributed by atoms with Crippen LogP contribution in [0.2, 0.25) is 0 Å². The number of aromatic amines is 1. The predicted octanol–water partition coefficient (Wildman–Crippen LogP) is 5.79. The molecule has 1 unspecified atom stereocenters. The monoisotopic (exact) mass is 469 g/mol. The predicted molar refractivity (Wildman–Crippen MR) is 130 cm³/mol. The van der Waals surface area contributed by atoms with Crippen LogP contribution in [0.1, 0.15) is 55.1 Å². The molecule has 3 heterocycles. The molecule has 0 bridgehead atoms. The molecule has 1 fully saturated rings. The maximum atomic E-state index is 13.6. The molecule has 7 heteroatoms. The molecule has 0 saturated carbocycles. The van der Waals surface area contributed by atoms with Crippen molar-refractivity contribution >= 4 is 16.9 Å². The lowest BCUT2D eigenvalue weighted by atomic mass is 9.88. The molecule has 1 aromatic carbocycles. The minimum atomic E-state index is -2.43. The second-order valence-corrected chi connectivity index (χ2v) is 9.26. The molecule has 182 valence electrons. The number of aromatic nitrogens is 2. The van der Waals surface area contributed by atoms with Gasteiger partial charge in [0.1, 0.15) is 6.04 Å². The Kier molecular flexibility index (Phi) is 7.31. The van der Waals surface area contributed by atoms with Crippen molar-refractivity contribution in [3.63, 3.8) is 0 Å². The van der Waals surface area contributed by atoms with Gasteiger partial charge in [0.2, 0.25) is 6.43 Å². The number of ether oxygens (including phenoxy) is 1. The van der Waals surface area contributed by atoms with Gasteiger partial charge in [0.05, 0.1) is 12.3 Å². The summed E-state index contributed by atoms with van der Waals surface area (Å²) >= 11 is 0. The summed E-state index contributed by atoms with van der Waals surface area (Å²) in [6.45, 7) is 9.54. The standard InChI is InChI=1S/C27H33F2N3O2/c1-5-34-27(33)18(4)32-10-8-19(9-11-32)20-6-7-24-22(14-20)23(15-25(28)29)26(31-24)21-12-16(2)30-17(3)13-21/h6-7,12-14,18-19,25,31H,5,8-11,15H2,1-4H3. The van der Waals surface area contributed by atoms with Crippen LogP contribution < -0.4 is 0 Å². The normalized spacial score (nSPS) is 16.3. The smallest absolute Gasteiger partial charge is 0.323 e. The Balaban J connectivity index is 1.62. The zero-order chi connectivity index (χ0) is 24.4. The Labute approximate surface area is 199 Å². The number of hydrogen-bond donors (Lipinski definition) is 1. The molecule has 1 atom stereocenters. The van der Waals surface area contributed by atoms with E-state index >= 15 is 0 Å². The van der Waals surface area contributed by atoms with Crippen molar-refractivity contribution in [1.82, 2.24) is 14.9 Å². The van der Waals surface area contributed by atoms with Crippen LogP contribution in [0.15, 0.2) is 30.3 Å². The average Bonchev–Trinajstić information content (AvgIpc) is 3.15. The summed E-state index contributed by atoms with van der Waals surface area (Å²) in [5, 5.41) is 0.863. The van der Waals surface area contributed by atoms with Gasteiger partial charge < -0.3 is 9.72 Å². The van der Waals surface area contributed by atoms with Gasteiger partial charge in [0.25, 0.3) is 0 Å². The third kappa shape index (κ3) is 5.14. The van der Waals surface area contributed by atoms with E-state index in [-0.39, 0.29) is 18.4 Å². The zero-order valence-corrected chi connectivity index (χ0v) is 20.3. The fraction of sp³-hybridized carbons (Fsp3) is 0.481. The van der Waals surface area contributed by atoms with Crippen LogP contribution in [0.25, 0.3) is 22.2 Å². The van der Waals surface area contributed by atoms with Crippen molar-refractivity contribution in [1.29, 1.82) is 0 Å². The number of benzene rings is 1. The summed E-state index contributed by atoms with van der Waals surface area (Å²) in [6, 6.07) is 9.83. The first-order chi connectivity index (χ1) is 16.3. The number of halogens is 2. The van der Waals surface area contributed by atoms with E-state index in [0.29, 0.717) is 18.1 Å². The van der Waals surface area contributed by atoms with Crippen molar-refractivity contribution in [2.24, 2.45) is 0 Å². The second kappa shape index (κ2) is 10.2. The number of hydrogen-bond acceptors (Lipinski definition) is 4. The Hall–Kier alpha value is -2.80. The van der Waals surface area contributed by atoms with E-state index in [4.69, 9.17) is 4.74 Å². The number of nitrogens with zero attached hydrogens (tertiary/aromatic N) is 2. The van der Waals surface area contributed by atoms with Gasteiger partial charge in [-0.2, -0.15) is 0 Å². The molecule has 0 radical (unpaired) electrons. The molecule has 0 amide bonds. The van der Waals surface area contributed by atoms with Crippen molar-refractivity contribution in [2.75, 3.05) is 19.7 Å². The number of carbonyl (C=O) groups excluding carboxylic acids is 1. The minimum absolute atomic E-state index is 0.180. The van der Waals surface area contributed by atoms with Crippen LogP contribution in [0.3, 0.4) is 0 Å². The molecule has 0 spiro atoms. The highest BCUT2D eigenvalue weighted by Gasteiger charge is 2.28. The highest BCUT2D eigenvalue weighted by Crippen LogP contribution is 2.36. The molecule has 0 aliphatic carbocycles. The largest absolute Gasteiger partial charge is 0.465 e. The quantitative estimate of drug-likeness (QED) is 0.445. The molecule has 3 aromatic rings. The van der Waals surface area contributed by atoms with Crippen molar-refractivity contribution in [3.05, 3.63) is 52.8 Å². The SMILES string of the molecule is CCOC(=O)C(C)N1CCC(c2ccc3[nH]c(-c4cc(C)nc(C)c4)c(CC(F)F)c3c2)CC1. The molecule has 1 aliphatic rings. The first-order valence-electron chi connectivity index (χ1n) is 12.1. The number of alkyl halides is 2. The van der Waals surface area contributed by atoms with Crippen LogP contribution in [0.5, 0.6) is 0 Å². The number of piperidine rings is 1. The van der Waals surface area contributed by atoms with E-state index in [1.807, 2.05) is 45.9 Å². The number of esters is 1. The molecule has 2 aromatic heterocycles. The van der Waals surface area contributed by atoms with Crippen LogP contribution in [0, 0.1) is 13.8 Å². The number of aryl methyl sites for hydroxylation is 2. The Morgan fingerprint density at radius 2 is 1.85 bits per heavy atom. The van der Waals surface area contributed by atoms with Gasteiger partial charge in [-0.25, -0.2) is 8.78 Å². The molecule has 1 N–H and O–H groups in total. The van der Waals surface area contributed by atoms with E-state index in [1.54, 1.807) is 0 Å². The number of rotatable bonds is 7. The molecular formula is C27H33F2N3O2. The van der Waals surface area contributed by atoms with E-state index in [9.17, 15) is 13.6 Å². The first-order valence-corrected chi connectivity index (χ1v) is 12.1. The molecule has 1 aliphatic heterocycles. The Bertz CT molecular complexity index is 1150. The molecular weight excluding hydrogens is 436 g/mol. The van der Waals surface area contributed by atoms with Gasteiger partial charge in [-0.1, -0.05) is 6.07 Å². The lowest BCUT2D eigenvalue weighted by molar-refractivity contribution is -0.149. The van der Waals surface area contributed by atoms with Crippen LogP contribution in [-0.4, -0.2) is 53.0 Å². The van der Waals surface area contributed by atoms with Crippen molar-refractivity contribution < 1.29 is 18.3 Å². The zero-order valence-electron chi connectivity index (χ0n) is 20.3. The molecule has 34 heavy (non-hydrogen) atoms. The van der Waals surface area contributed by atoms with E-state index < -0.39 is 6.43 Å². The number of H-pyrrole nitrogens is 1. The van der Waals surface area contributed by atoms with Crippen molar-refractivity contribution in [2.45, 2.75) is 65.3 Å². The number of likely N-dealkylation sites (tertiary alicyclic amines) is 1. The summed E-state index contributed by atoms with van der Waals surface area (Å²) in [5.74, 6) is 0.152. The first kappa shape index (κ1) is 24.3. The van der Waals surface area contributed by atoms with Gasteiger partial charge in [-0.3, -0.25) is 14.7 Å². The summed E-state index contributed by atoms with van der Waals surface area (Å²) in [4.78, 5) is 22.1. The van der Waals surface area contributed by atoms with Gasteiger partial charge in [0, 0.05) is 34.3 Å². The third-order valence-electron chi connectivity index (χ3n) is 6.84. The minimum Gasteiger partial charge on any atom is -0.465 e. The number of fused-ring (bicyclic) bond motifs is 1.